The van der Waals surface area contributed by atoms with Gasteiger partial charge in [-0.3, -0.25) is 9.59 Å². The highest BCUT2D eigenvalue weighted by molar-refractivity contribution is 6.30. The maximum Gasteiger partial charge on any atom is 0.253 e. The summed E-state index contributed by atoms with van der Waals surface area (Å²) in [6, 6.07) is 7.20. The third-order valence-corrected chi connectivity index (χ3v) is 4.46. The highest BCUT2D eigenvalue weighted by atomic mass is 35.5. The van der Waals surface area contributed by atoms with E-state index < -0.39 is 0 Å². The Hall–Kier alpha value is -1.55. The lowest BCUT2D eigenvalue weighted by molar-refractivity contribution is -0.126. The Morgan fingerprint density at radius 1 is 1.36 bits per heavy atom. The molecule has 1 heterocycles. The van der Waals surface area contributed by atoms with Crippen LogP contribution in [-0.4, -0.2) is 35.8 Å². The second kappa shape index (κ2) is 7.63. The molecule has 1 fully saturated rings. The van der Waals surface area contributed by atoms with Crippen molar-refractivity contribution in [3.63, 3.8) is 0 Å². The van der Waals surface area contributed by atoms with Crippen LogP contribution in [0, 0.1) is 5.92 Å². The van der Waals surface area contributed by atoms with Crippen molar-refractivity contribution >= 4 is 23.4 Å². The van der Waals surface area contributed by atoms with Gasteiger partial charge in [-0.2, -0.15) is 0 Å². The Morgan fingerprint density at radius 2 is 2.05 bits per heavy atom. The zero-order valence-electron chi connectivity index (χ0n) is 13.1. The molecule has 1 atom stereocenters. The molecular weight excluding hydrogens is 300 g/mol. The first kappa shape index (κ1) is 16.8. The van der Waals surface area contributed by atoms with Crippen LogP contribution in [0.5, 0.6) is 0 Å². The molecule has 1 saturated heterocycles. The van der Waals surface area contributed by atoms with Gasteiger partial charge in [-0.05, 0) is 44.4 Å². The second-order valence-electron chi connectivity index (χ2n) is 5.89. The van der Waals surface area contributed by atoms with Gasteiger partial charge in [0.05, 0.1) is 0 Å². The molecule has 120 valence electrons. The highest BCUT2D eigenvalue weighted by Crippen LogP contribution is 2.20. The van der Waals surface area contributed by atoms with Gasteiger partial charge in [0.2, 0.25) is 5.91 Å². The molecule has 1 unspecified atom stereocenters. The van der Waals surface area contributed by atoms with Gasteiger partial charge in [0, 0.05) is 35.6 Å². The standard InChI is InChI=1S/C17H23ClN2O2/c1-3-12(2)19-16(21)13-7-9-20(10-8-13)17(22)14-5-4-6-15(18)11-14/h4-6,11-13H,3,7-10H2,1-2H3,(H,19,21). The van der Waals surface area contributed by atoms with Crippen LogP contribution in [0.4, 0.5) is 0 Å². The van der Waals surface area contributed by atoms with Crippen LogP contribution in [-0.2, 0) is 4.79 Å². The van der Waals surface area contributed by atoms with Crippen molar-refractivity contribution in [3.8, 4) is 0 Å². The first-order valence-electron chi connectivity index (χ1n) is 7.86. The number of hydrogen-bond donors (Lipinski definition) is 1. The third-order valence-electron chi connectivity index (χ3n) is 4.23. The van der Waals surface area contributed by atoms with Crippen LogP contribution in [0.3, 0.4) is 0 Å². The average Bonchev–Trinajstić information content (AvgIpc) is 2.54. The molecule has 0 aliphatic carbocycles. The molecule has 22 heavy (non-hydrogen) atoms. The summed E-state index contributed by atoms with van der Waals surface area (Å²) in [5, 5.41) is 3.59. The number of carbonyl (C=O) groups excluding carboxylic acids is 2. The Balaban J connectivity index is 1.89. The molecular formula is C17H23ClN2O2. The number of amides is 2. The zero-order valence-corrected chi connectivity index (χ0v) is 13.9. The fraction of sp³-hybridized carbons (Fsp3) is 0.529. The fourth-order valence-corrected chi connectivity index (χ4v) is 2.80. The summed E-state index contributed by atoms with van der Waals surface area (Å²) in [7, 11) is 0. The molecule has 0 spiro atoms. The molecule has 1 aliphatic heterocycles. The monoisotopic (exact) mass is 322 g/mol. The van der Waals surface area contributed by atoms with E-state index in [2.05, 4.69) is 12.2 Å². The number of nitrogens with one attached hydrogen (secondary N) is 1. The number of hydrogen-bond acceptors (Lipinski definition) is 2. The Morgan fingerprint density at radius 3 is 2.64 bits per heavy atom. The first-order chi connectivity index (χ1) is 10.5. The van der Waals surface area contributed by atoms with E-state index in [0.29, 0.717) is 36.5 Å². The maximum absolute atomic E-state index is 12.4. The summed E-state index contributed by atoms with van der Waals surface area (Å²) in [6.45, 7) is 5.29. The summed E-state index contributed by atoms with van der Waals surface area (Å²) in [6.07, 6.45) is 2.36. The SMILES string of the molecule is CCC(C)NC(=O)C1CCN(C(=O)c2cccc(Cl)c2)CC1. The Kier molecular flexibility index (Phi) is 5.83. The molecule has 1 aromatic carbocycles. The van der Waals surface area contributed by atoms with Gasteiger partial charge < -0.3 is 10.2 Å². The number of benzene rings is 1. The quantitative estimate of drug-likeness (QED) is 0.926. The summed E-state index contributed by atoms with van der Waals surface area (Å²) in [4.78, 5) is 26.4. The van der Waals surface area contributed by atoms with Crippen molar-refractivity contribution < 1.29 is 9.59 Å². The van der Waals surface area contributed by atoms with E-state index in [0.717, 1.165) is 6.42 Å². The summed E-state index contributed by atoms with van der Waals surface area (Å²) in [5.74, 6) is 0.116. The average molecular weight is 323 g/mol. The molecule has 0 saturated carbocycles. The zero-order chi connectivity index (χ0) is 16.1. The Bertz CT molecular complexity index is 539. The molecule has 1 aromatic rings. The number of nitrogens with zero attached hydrogens (tertiary/aromatic N) is 1. The minimum atomic E-state index is -0.0108. The van der Waals surface area contributed by atoms with Crippen molar-refractivity contribution in [2.75, 3.05) is 13.1 Å². The van der Waals surface area contributed by atoms with Gasteiger partial charge in [0.25, 0.3) is 5.91 Å². The Labute approximate surface area is 136 Å². The van der Waals surface area contributed by atoms with E-state index in [1.54, 1.807) is 29.2 Å². The molecule has 0 aromatic heterocycles. The molecule has 0 radical (unpaired) electrons. The van der Waals surface area contributed by atoms with E-state index in [1.165, 1.54) is 0 Å². The van der Waals surface area contributed by atoms with Crippen LogP contribution < -0.4 is 5.32 Å². The van der Waals surface area contributed by atoms with Crippen LogP contribution in [0.15, 0.2) is 24.3 Å². The van der Waals surface area contributed by atoms with Crippen molar-refractivity contribution in [1.82, 2.24) is 10.2 Å². The van der Waals surface area contributed by atoms with Crippen molar-refractivity contribution in [2.45, 2.75) is 39.2 Å². The van der Waals surface area contributed by atoms with Crippen LogP contribution in [0.1, 0.15) is 43.5 Å². The second-order valence-corrected chi connectivity index (χ2v) is 6.33. The predicted octanol–water partition coefficient (Wildman–Crippen LogP) is 3.11. The normalized spacial score (nSPS) is 17.1. The molecule has 1 N–H and O–H groups in total. The largest absolute Gasteiger partial charge is 0.353 e. The minimum Gasteiger partial charge on any atom is -0.353 e. The summed E-state index contributed by atoms with van der Waals surface area (Å²) in [5.41, 5.74) is 0.606. The molecule has 2 amide bonds. The fourth-order valence-electron chi connectivity index (χ4n) is 2.61. The number of halogens is 1. The van der Waals surface area contributed by atoms with Crippen molar-refractivity contribution in [1.29, 1.82) is 0 Å². The number of piperidine rings is 1. The lowest BCUT2D eigenvalue weighted by Gasteiger charge is -2.32. The molecule has 1 aliphatic rings. The lowest BCUT2D eigenvalue weighted by Crippen LogP contribution is -2.44. The van der Waals surface area contributed by atoms with Gasteiger partial charge in [-0.1, -0.05) is 24.6 Å². The molecule has 2 rings (SSSR count). The number of likely N-dealkylation sites (tertiary alicyclic amines) is 1. The first-order valence-corrected chi connectivity index (χ1v) is 8.24. The topological polar surface area (TPSA) is 49.4 Å². The van der Waals surface area contributed by atoms with E-state index in [1.807, 2.05) is 6.92 Å². The van der Waals surface area contributed by atoms with Gasteiger partial charge in [-0.15, -0.1) is 0 Å². The molecule has 5 heteroatoms. The number of rotatable bonds is 4. The van der Waals surface area contributed by atoms with Crippen LogP contribution in [0.2, 0.25) is 5.02 Å². The van der Waals surface area contributed by atoms with Crippen LogP contribution in [0.25, 0.3) is 0 Å². The maximum atomic E-state index is 12.4. The van der Waals surface area contributed by atoms with E-state index in [4.69, 9.17) is 11.6 Å². The minimum absolute atomic E-state index is 0.0108. The van der Waals surface area contributed by atoms with E-state index >= 15 is 0 Å². The predicted molar refractivity (Wildman–Crippen MR) is 88.0 cm³/mol. The third kappa shape index (κ3) is 4.23. The lowest BCUT2D eigenvalue weighted by atomic mass is 9.95. The van der Waals surface area contributed by atoms with Gasteiger partial charge in [0.1, 0.15) is 0 Å². The van der Waals surface area contributed by atoms with Crippen LogP contribution >= 0.6 is 11.6 Å². The molecule has 0 bridgehead atoms. The molecule has 4 nitrogen and oxygen atoms in total. The summed E-state index contributed by atoms with van der Waals surface area (Å²) < 4.78 is 0. The number of carbonyl (C=O) groups is 2. The van der Waals surface area contributed by atoms with E-state index in [-0.39, 0.29) is 23.8 Å². The van der Waals surface area contributed by atoms with Gasteiger partial charge in [-0.25, -0.2) is 0 Å². The van der Waals surface area contributed by atoms with E-state index in [9.17, 15) is 9.59 Å². The highest BCUT2D eigenvalue weighted by Gasteiger charge is 2.28. The van der Waals surface area contributed by atoms with Crippen molar-refractivity contribution in [3.05, 3.63) is 34.9 Å². The smallest absolute Gasteiger partial charge is 0.253 e. The summed E-state index contributed by atoms with van der Waals surface area (Å²) >= 11 is 5.93. The van der Waals surface area contributed by atoms with Gasteiger partial charge >= 0.3 is 0 Å². The van der Waals surface area contributed by atoms with Gasteiger partial charge in [0.15, 0.2) is 0 Å². The van der Waals surface area contributed by atoms with Crippen molar-refractivity contribution in [2.24, 2.45) is 5.92 Å².